The van der Waals surface area contributed by atoms with Crippen LogP contribution in [0, 0.1) is 0 Å². The summed E-state index contributed by atoms with van der Waals surface area (Å²) in [5, 5.41) is 17.6. The Morgan fingerprint density at radius 2 is 2.38 bits per heavy atom. The minimum Gasteiger partial charge on any atom is -0.480 e. The summed E-state index contributed by atoms with van der Waals surface area (Å²) in [4.78, 5) is 22.8. The summed E-state index contributed by atoms with van der Waals surface area (Å²) in [6.45, 7) is 1.74. The number of carbonyl (C=O) groups is 2. The molecule has 2 atom stereocenters. The van der Waals surface area contributed by atoms with Crippen molar-refractivity contribution in [2.45, 2.75) is 19.3 Å². The summed E-state index contributed by atoms with van der Waals surface area (Å²) in [5.74, 6) is -1.79. The van der Waals surface area contributed by atoms with Crippen LogP contribution in [0.2, 0.25) is 0 Å². The van der Waals surface area contributed by atoms with Gasteiger partial charge in [0, 0.05) is 6.54 Å². The Labute approximate surface area is 74.7 Å². The van der Waals surface area contributed by atoms with Gasteiger partial charge in [0.15, 0.2) is 0 Å². The molecule has 6 nitrogen and oxygen atoms in total. The molecule has 0 aromatic carbocycles. The maximum Gasteiger partial charge on any atom is 0.326 e. The van der Waals surface area contributed by atoms with E-state index in [0.29, 0.717) is 0 Å². The average molecular weight is 189 g/mol. The summed E-state index contributed by atoms with van der Waals surface area (Å²) in [6, 6.07) is -0.925. The van der Waals surface area contributed by atoms with Gasteiger partial charge in [-0.1, -0.05) is 0 Å². The number of hydrogen-bond acceptors (Lipinski definition) is 4. The second kappa shape index (κ2) is 3.71. The molecule has 6 heteroatoms. The molecular weight excluding hydrogens is 178 g/mol. The summed E-state index contributed by atoms with van der Waals surface area (Å²) in [6.07, 6.45) is -1.52. The zero-order chi connectivity index (χ0) is 10.0. The molecule has 74 valence electrons. The van der Waals surface area contributed by atoms with Crippen molar-refractivity contribution >= 4 is 11.9 Å². The molecule has 0 aromatic rings. The van der Waals surface area contributed by atoms with Gasteiger partial charge in [-0.3, -0.25) is 4.79 Å². The Bertz CT molecular complexity index is 229. The Morgan fingerprint density at radius 1 is 1.77 bits per heavy atom. The van der Waals surface area contributed by atoms with Gasteiger partial charge in [0.1, 0.15) is 6.04 Å². The molecule has 2 N–H and O–H groups in total. The number of carbonyl (C=O) groups excluding carboxylic acids is 1. The molecule has 1 aliphatic rings. The lowest BCUT2D eigenvalue weighted by Crippen LogP contribution is -2.53. The van der Waals surface area contributed by atoms with Gasteiger partial charge in [-0.25, -0.2) is 4.79 Å². The molecule has 1 heterocycles. The topological polar surface area (TPSA) is 87.1 Å². The van der Waals surface area contributed by atoms with E-state index in [1.54, 1.807) is 0 Å². The highest BCUT2D eigenvalue weighted by Crippen LogP contribution is 2.08. The van der Waals surface area contributed by atoms with Gasteiger partial charge in [-0.05, 0) is 6.92 Å². The normalized spacial score (nSPS) is 25.8. The van der Waals surface area contributed by atoms with Crippen LogP contribution in [0.4, 0.5) is 0 Å². The number of hydrogen-bond donors (Lipinski definition) is 2. The monoisotopic (exact) mass is 189 g/mol. The lowest BCUT2D eigenvalue weighted by Gasteiger charge is -2.32. The SMILES string of the molecule is CC(C(=O)O)N1CCOC(O)C1=O. The minimum atomic E-state index is -1.52. The van der Waals surface area contributed by atoms with Crippen molar-refractivity contribution in [3.63, 3.8) is 0 Å². The van der Waals surface area contributed by atoms with E-state index >= 15 is 0 Å². The third-order valence-electron chi connectivity index (χ3n) is 1.93. The van der Waals surface area contributed by atoms with E-state index in [1.165, 1.54) is 6.92 Å². The van der Waals surface area contributed by atoms with E-state index < -0.39 is 24.2 Å². The third-order valence-corrected chi connectivity index (χ3v) is 1.93. The van der Waals surface area contributed by atoms with Gasteiger partial charge in [-0.15, -0.1) is 0 Å². The number of aliphatic hydroxyl groups excluding tert-OH is 1. The van der Waals surface area contributed by atoms with Gasteiger partial charge in [0.05, 0.1) is 6.61 Å². The molecule has 2 unspecified atom stereocenters. The number of nitrogens with zero attached hydrogens (tertiary/aromatic N) is 1. The van der Waals surface area contributed by atoms with Crippen molar-refractivity contribution in [3.05, 3.63) is 0 Å². The van der Waals surface area contributed by atoms with Crippen LogP contribution >= 0.6 is 0 Å². The van der Waals surface area contributed by atoms with Crippen LogP contribution in [0.1, 0.15) is 6.92 Å². The highest BCUT2D eigenvalue weighted by atomic mass is 16.6. The Morgan fingerprint density at radius 3 is 2.92 bits per heavy atom. The number of aliphatic hydroxyl groups is 1. The molecule has 0 aromatic heterocycles. The molecule has 0 saturated carbocycles. The van der Waals surface area contributed by atoms with Crippen molar-refractivity contribution in [1.82, 2.24) is 4.90 Å². The molecule has 0 bridgehead atoms. The van der Waals surface area contributed by atoms with Gasteiger partial charge >= 0.3 is 5.97 Å². The van der Waals surface area contributed by atoms with Crippen LogP contribution in [0.15, 0.2) is 0 Å². The van der Waals surface area contributed by atoms with Crippen molar-refractivity contribution in [2.24, 2.45) is 0 Å². The fourth-order valence-electron chi connectivity index (χ4n) is 1.10. The van der Waals surface area contributed by atoms with Gasteiger partial charge in [-0.2, -0.15) is 0 Å². The fraction of sp³-hybridized carbons (Fsp3) is 0.714. The van der Waals surface area contributed by atoms with E-state index in [2.05, 4.69) is 4.74 Å². The molecule has 1 saturated heterocycles. The first-order chi connectivity index (χ1) is 6.04. The number of morpholine rings is 1. The molecule has 13 heavy (non-hydrogen) atoms. The summed E-state index contributed by atoms with van der Waals surface area (Å²) in [7, 11) is 0. The molecule has 1 rings (SSSR count). The van der Waals surface area contributed by atoms with Crippen LogP contribution in [0.5, 0.6) is 0 Å². The van der Waals surface area contributed by atoms with Crippen LogP contribution in [-0.4, -0.2) is 52.5 Å². The Kier molecular flexibility index (Phi) is 2.84. The first kappa shape index (κ1) is 9.94. The Hall–Kier alpha value is -1.14. The molecule has 1 fully saturated rings. The third kappa shape index (κ3) is 1.96. The molecule has 0 radical (unpaired) electrons. The predicted molar refractivity (Wildman–Crippen MR) is 40.8 cm³/mol. The zero-order valence-corrected chi connectivity index (χ0v) is 7.14. The summed E-state index contributed by atoms with van der Waals surface area (Å²) >= 11 is 0. The number of ether oxygens (including phenoxy) is 1. The van der Waals surface area contributed by atoms with E-state index in [4.69, 9.17) is 10.2 Å². The maximum absolute atomic E-state index is 11.2. The number of amides is 1. The number of carboxylic acid groups (broad SMARTS) is 1. The average Bonchev–Trinajstić information content (AvgIpc) is 2.08. The van der Waals surface area contributed by atoms with Crippen molar-refractivity contribution in [3.8, 4) is 0 Å². The van der Waals surface area contributed by atoms with E-state index in [0.717, 1.165) is 4.90 Å². The second-order valence-corrected chi connectivity index (χ2v) is 2.77. The van der Waals surface area contributed by atoms with Crippen molar-refractivity contribution < 1.29 is 24.5 Å². The largest absolute Gasteiger partial charge is 0.480 e. The summed E-state index contributed by atoms with van der Waals surface area (Å²) < 4.78 is 4.62. The second-order valence-electron chi connectivity index (χ2n) is 2.77. The smallest absolute Gasteiger partial charge is 0.326 e. The molecule has 0 spiro atoms. The van der Waals surface area contributed by atoms with Gasteiger partial charge in [0.25, 0.3) is 5.91 Å². The van der Waals surface area contributed by atoms with E-state index in [9.17, 15) is 9.59 Å². The highest BCUT2D eigenvalue weighted by molar-refractivity contribution is 5.85. The first-order valence-electron chi connectivity index (χ1n) is 3.87. The summed E-state index contributed by atoms with van der Waals surface area (Å²) in [5.41, 5.74) is 0. The van der Waals surface area contributed by atoms with Crippen LogP contribution < -0.4 is 0 Å². The number of rotatable bonds is 2. The lowest BCUT2D eigenvalue weighted by molar-refractivity contribution is -0.188. The fourth-order valence-corrected chi connectivity index (χ4v) is 1.10. The number of aliphatic carboxylic acids is 1. The van der Waals surface area contributed by atoms with Crippen LogP contribution in [0.3, 0.4) is 0 Å². The van der Waals surface area contributed by atoms with Gasteiger partial charge in [0.2, 0.25) is 6.29 Å². The van der Waals surface area contributed by atoms with E-state index in [-0.39, 0.29) is 13.2 Å². The first-order valence-corrected chi connectivity index (χ1v) is 3.87. The molecule has 1 aliphatic heterocycles. The quantitative estimate of drug-likeness (QED) is 0.560. The standard InChI is InChI=1S/C7H11NO5/c1-4(6(10)11)8-2-3-13-7(12)5(8)9/h4,7,12H,2-3H2,1H3,(H,10,11). The number of carboxylic acids is 1. The molecule has 1 amide bonds. The van der Waals surface area contributed by atoms with Gasteiger partial charge < -0.3 is 19.8 Å². The minimum absolute atomic E-state index is 0.157. The predicted octanol–water partition coefficient (Wildman–Crippen LogP) is -1.36. The zero-order valence-electron chi connectivity index (χ0n) is 7.14. The van der Waals surface area contributed by atoms with Crippen molar-refractivity contribution in [1.29, 1.82) is 0 Å². The van der Waals surface area contributed by atoms with Crippen molar-refractivity contribution in [2.75, 3.05) is 13.2 Å². The van der Waals surface area contributed by atoms with E-state index in [1.807, 2.05) is 0 Å². The van der Waals surface area contributed by atoms with Crippen LogP contribution in [0.25, 0.3) is 0 Å². The maximum atomic E-state index is 11.2. The lowest BCUT2D eigenvalue weighted by atomic mass is 10.2. The van der Waals surface area contributed by atoms with Crippen LogP contribution in [-0.2, 0) is 14.3 Å². The molecule has 0 aliphatic carbocycles. The Balaban J connectivity index is 2.68. The molecular formula is C7H11NO5. The highest BCUT2D eigenvalue weighted by Gasteiger charge is 2.33.